The summed E-state index contributed by atoms with van der Waals surface area (Å²) in [5.41, 5.74) is 3.47. The van der Waals surface area contributed by atoms with Gasteiger partial charge in [-0.1, -0.05) is 55.5 Å². The van der Waals surface area contributed by atoms with Gasteiger partial charge in [0.2, 0.25) is 0 Å². The van der Waals surface area contributed by atoms with Gasteiger partial charge in [0.15, 0.2) is 5.82 Å². The van der Waals surface area contributed by atoms with Crippen LogP contribution in [-0.2, 0) is 6.42 Å². The third-order valence-corrected chi connectivity index (χ3v) is 6.16. The molecule has 32 heavy (non-hydrogen) atoms. The smallest absolute Gasteiger partial charge is 0.161 e. The van der Waals surface area contributed by atoms with Crippen LogP contribution in [0.4, 0.5) is 10.2 Å². The minimum atomic E-state index is -0.288. The van der Waals surface area contributed by atoms with Crippen LogP contribution in [0.1, 0.15) is 30.2 Å². The summed E-state index contributed by atoms with van der Waals surface area (Å²) in [6.45, 7) is 8.04. The van der Waals surface area contributed by atoms with E-state index in [0.29, 0.717) is 24.4 Å². The Hall–Kier alpha value is -2.83. The van der Waals surface area contributed by atoms with Crippen molar-refractivity contribution in [3.05, 3.63) is 77.2 Å². The second-order valence-corrected chi connectivity index (χ2v) is 8.42. The molecule has 1 aliphatic heterocycles. The van der Waals surface area contributed by atoms with Crippen LogP contribution in [0.5, 0.6) is 0 Å². The van der Waals surface area contributed by atoms with Crippen LogP contribution < -0.4 is 4.90 Å². The Labute approximate surface area is 189 Å². The molecule has 0 saturated carbocycles. The summed E-state index contributed by atoms with van der Waals surface area (Å²) < 4.78 is 14.4. The molecule has 2 aromatic carbocycles. The molecule has 0 aliphatic carbocycles. The Balaban J connectivity index is 1.66. The lowest BCUT2D eigenvalue weighted by Crippen LogP contribution is -2.49. The van der Waals surface area contributed by atoms with E-state index in [9.17, 15) is 9.50 Å². The average molecular weight is 435 g/mol. The summed E-state index contributed by atoms with van der Waals surface area (Å²) in [6, 6.07) is 16.9. The van der Waals surface area contributed by atoms with E-state index in [1.807, 2.05) is 56.3 Å². The topological polar surface area (TPSA) is 52.5 Å². The van der Waals surface area contributed by atoms with Crippen molar-refractivity contribution in [2.24, 2.45) is 0 Å². The van der Waals surface area contributed by atoms with Gasteiger partial charge in [0, 0.05) is 56.0 Å². The third-order valence-electron chi connectivity index (χ3n) is 6.16. The Bertz CT molecular complexity index is 1040. The van der Waals surface area contributed by atoms with Crippen molar-refractivity contribution in [2.75, 3.05) is 37.6 Å². The summed E-state index contributed by atoms with van der Waals surface area (Å²) in [5.74, 6) is 1.37. The SMILES string of the molecule is CCC(O)CN1CCN(c2nc(-c3ccccc3)nc(C)c2Cc2ccccc2F)CC1. The maximum absolute atomic E-state index is 14.4. The van der Waals surface area contributed by atoms with E-state index in [2.05, 4.69) is 9.80 Å². The second-order valence-electron chi connectivity index (χ2n) is 8.42. The molecule has 1 saturated heterocycles. The monoisotopic (exact) mass is 434 g/mol. The molecule has 1 atom stereocenters. The molecule has 1 aromatic heterocycles. The van der Waals surface area contributed by atoms with Crippen molar-refractivity contribution in [1.82, 2.24) is 14.9 Å². The normalized spacial score (nSPS) is 15.7. The number of piperazine rings is 1. The first kappa shape index (κ1) is 22.4. The molecule has 6 heteroatoms. The molecule has 3 aromatic rings. The van der Waals surface area contributed by atoms with Gasteiger partial charge < -0.3 is 10.0 Å². The second kappa shape index (κ2) is 10.2. The number of hydrogen-bond acceptors (Lipinski definition) is 5. The molecular weight excluding hydrogens is 403 g/mol. The molecule has 1 unspecified atom stereocenters. The number of aryl methyl sites for hydroxylation is 1. The molecular formula is C26H31FN4O. The molecule has 1 aliphatic rings. The molecule has 0 bridgehead atoms. The van der Waals surface area contributed by atoms with Crippen LogP contribution in [0.25, 0.3) is 11.4 Å². The van der Waals surface area contributed by atoms with E-state index in [1.54, 1.807) is 6.07 Å². The van der Waals surface area contributed by atoms with Crippen molar-refractivity contribution >= 4 is 5.82 Å². The zero-order valence-corrected chi connectivity index (χ0v) is 18.8. The molecule has 1 fully saturated rings. The molecule has 0 amide bonds. The summed E-state index contributed by atoms with van der Waals surface area (Å²) in [6.07, 6.45) is 0.931. The molecule has 0 radical (unpaired) electrons. The molecule has 2 heterocycles. The number of anilines is 1. The van der Waals surface area contributed by atoms with Gasteiger partial charge in [-0.3, -0.25) is 4.90 Å². The summed E-state index contributed by atoms with van der Waals surface area (Å²) in [5, 5.41) is 10.0. The van der Waals surface area contributed by atoms with Crippen LogP contribution in [0.3, 0.4) is 0 Å². The van der Waals surface area contributed by atoms with Crippen LogP contribution in [0, 0.1) is 12.7 Å². The minimum absolute atomic E-state index is 0.205. The molecule has 5 nitrogen and oxygen atoms in total. The highest BCUT2D eigenvalue weighted by Gasteiger charge is 2.24. The van der Waals surface area contributed by atoms with Gasteiger partial charge in [0.05, 0.1) is 6.10 Å². The van der Waals surface area contributed by atoms with Gasteiger partial charge in [-0.25, -0.2) is 14.4 Å². The van der Waals surface area contributed by atoms with Gasteiger partial charge in [-0.15, -0.1) is 0 Å². The van der Waals surface area contributed by atoms with Crippen molar-refractivity contribution in [2.45, 2.75) is 32.8 Å². The first-order chi connectivity index (χ1) is 15.5. The number of aliphatic hydroxyl groups is 1. The highest BCUT2D eigenvalue weighted by Crippen LogP contribution is 2.29. The van der Waals surface area contributed by atoms with Gasteiger partial charge in [-0.2, -0.15) is 0 Å². The van der Waals surface area contributed by atoms with E-state index in [-0.39, 0.29) is 11.9 Å². The summed E-state index contributed by atoms with van der Waals surface area (Å²) in [4.78, 5) is 14.3. The van der Waals surface area contributed by atoms with Crippen molar-refractivity contribution < 1.29 is 9.50 Å². The predicted molar refractivity (Wildman–Crippen MR) is 126 cm³/mol. The number of nitrogens with zero attached hydrogens (tertiary/aromatic N) is 4. The Kier molecular flexibility index (Phi) is 7.12. The van der Waals surface area contributed by atoms with E-state index in [1.165, 1.54) is 6.07 Å². The molecule has 1 N–H and O–H groups in total. The van der Waals surface area contributed by atoms with Crippen molar-refractivity contribution in [3.8, 4) is 11.4 Å². The summed E-state index contributed by atoms with van der Waals surface area (Å²) >= 11 is 0. The molecule has 4 rings (SSSR count). The van der Waals surface area contributed by atoms with E-state index < -0.39 is 0 Å². The maximum Gasteiger partial charge on any atom is 0.161 e. The Morgan fingerprint density at radius 2 is 1.66 bits per heavy atom. The standard InChI is InChI=1S/C26H31FN4O/c1-3-22(32)18-30-13-15-31(16-14-30)26-23(17-21-11-7-8-12-24(21)27)19(2)28-25(29-26)20-9-5-4-6-10-20/h4-12,22,32H,3,13-18H2,1-2H3. The Morgan fingerprint density at radius 1 is 0.969 bits per heavy atom. The van der Waals surface area contributed by atoms with Crippen LogP contribution in [0.15, 0.2) is 54.6 Å². The zero-order chi connectivity index (χ0) is 22.5. The number of rotatable bonds is 7. The van der Waals surface area contributed by atoms with Crippen molar-refractivity contribution in [3.63, 3.8) is 0 Å². The number of halogens is 1. The van der Waals surface area contributed by atoms with Crippen molar-refractivity contribution in [1.29, 1.82) is 0 Å². The van der Waals surface area contributed by atoms with Gasteiger partial charge in [-0.05, 0) is 25.0 Å². The quantitative estimate of drug-likeness (QED) is 0.607. The van der Waals surface area contributed by atoms with E-state index >= 15 is 0 Å². The Morgan fingerprint density at radius 3 is 2.34 bits per heavy atom. The minimum Gasteiger partial charge on any atom is -0.392 e. The van der Waals surface area contributed by atoms with Gasteiger partial charge >= 0.3 is 0 Å². The number of aromatic nitrogens is 2. The lowest BCUT2D eigenvalue weighted by atomic mass is 10.0. The number of benzene rings is 2. The van der Waals surface area contributed by atoms with Crippen LogP contribution in [-0.4, -0.2) is 58.8 Å². The van der Waals surface area contributed by atoms with Gasteiger partial charge in [0.1, 0.15) is 11.6 Å². The lowest BCUT2D eigenvalue weighted by molar-refractivity contribution is 0.106. The van der Waals surface area contributed by atoms with Gasteiger partial charge in [0.25, 0.3) is 0 Å². The number of β-amino-alcohol motifs (C(OH)–C–C–N with tert-alkyl or cyclic N) is 1. The maximum atomic E-state index is 14.4. The fraction of sp³-hybridized carbons (Fsp3) is 0.385. The van der Waals surface area contributed by atoms with E-state index in [4.69, 9.17) is 9.97 Å². The fourth-order valence-electron chi connectivity index (χ4n) is 4.17. The zero-order valence-electron chi connectivity index (χ0n) is 18.8. The van der Waals surface area contributed by atoms with E-state index in [0.717, 1.165) is 55.2 Å². The fourth-order valence-corrected chi connectivity index (χ4v) is 4.17. The number of aliphatic hydroxyl groups excluding tert-OH is 1. The van der Waals surface area contributed by atoms with Crippen LogP contribution >= 0.6 is 0 Å². The first-order valence-electron chi connectivity index (χ1n) is 11.4. The predicted octanol–water partition coefficient (Wildman–Crippen LogP) is 4.07. The number of hydrogen-bond donors (Lipinski definition) is 1. The average Bonchev–Trinajstić information content (AvgIpc) is 2.82. The summed E-state index contributed by atoms with van der Waals surface area (Å²) in [7, 11) is 0. The lowest BCUT2D eigenvalue weighted by Gasteiger charge is -2.37. The third kappa shape index (κ3) is 5.14. The highest BCUT2D eigenvalue weighted by molar-refractivity contribution is 5.61. The highest BCUT2D eigenvalue weighted by atomic mass is 19.1. The molecule has 0 spiro atoms. The largest absolute Gasteiger partial charge is 0.392 e. The molecule has 168 valence electrons. The first-order valence-corrected chi connectivity index (χ1v) is 11.4. The van der Waals surface area contributed by atoms with Crippen LogP contribution in [0.2, 0.25) is 0 Å².